The van der Waals surface area contributed by atoms with Gasteiger partial charge in [0.2, 0.25) is 17.7 Å². The summed E-state index contributed by atoms with van der Waals surface area (Å²) in [4.78, 5) is 62.1. The smallest absolute Gasteiger partial charge is 0.253 e. The largest absolute Gasteiger partial charge is 0.344 e. The Hall–Kier alpha value is -3.14. The van der Waals surface area contributed by atoms with Crippen molar-refractivity contribution in [3.05, 3.63) is 41.5 Å². The van der Waals surface area contributed by atoms with E-state index in [0.29, 0.717) is 37.2 Å². The lowest BCUT2D eigenvalue weighted by Gasteiger charge is -2.24. The van der Waals surface area contributed by atoms with Crippen molar-refractivity contribution in [1.82, 2.24) is 15.5 Å². The molecule has 0 aliphatic carbocycles. The number of anilines is 1. The molecule has 0 saturated carbocycles. The van der Waals surface area contributed by atoms with Gasteiger partial charge in [0.1, 0.15) is 12.1 Å². The lowest BCUT2D eigenvalue weighted by molar-refractivity contribution is -0.137. The maximum Gasteiger partial charge on any atom is 0.253 e. The van der Waals surface area contributed by atoms with Crippen LogP contribution in [-0.4, -0.2) is 53.1 Å². The van der Waals surface area contributed by atoms with E-state index in [-0.39, 0.29) is 36.0 Å². The highest BCUT2D eigenvalue weighted by Gasteiger charge is 2.27. The van der Waals surface area contributed by atoms with E-state index < -0.39 is 18.0 Å². The van der Waals surface area contributed by atoms with Crippen LogP contribution >= 0.6 is 12.6 Å². The van der Waals surface area contributed by atoms with Gasteiger partial charge in [-0.05, 0) is 55.9 Å². The fourth-order valence-electron chi connectivity index (χ4n) is 3.73. The molecule has 2 rings (SSSR count). The second-order valence-corrected chi connectivity index (χ2v) is 9.60. The molecule has 0 fully saturated rings. The molecule has 1 aliphatic heterocycles. The molecule has 36 heavy (non-hydrogen) atoms. The van der Waals surface area contributed by atoms with Crippen molar-refractivity contribution in [3.8, 4) is 0 Å². The Morgan fingerprint density at radius 2 is 1.61 bits per heavy atom. The quantitative estimate of drug-likeness (QED) is 0.182. The molecule has 0 aromatic heterocycles. The van der Waals surface area contributed by atoms with E-state index in [1.165, 1.54) is 17.1 Å². The third-order valence-corrected chi connectivity index (χ3v) is 6.32. The molecule has 1 aliphatic rings. The van der Waals surface area contributed by atoms with Gasteiger partial charge in [0.15, 0.2) is 0 Å². The molecule has 9 nitrogen and oxygen atoms in total. The molecule has 0 radical (unpaired) electrons. The van der Waals surface area contributed by atoms with Crippen LogP contribution in [0.3, 0.4) is 0 Å². The van der Waals surface area contributed by atoms with Crippen LogP contribution in [0.2, 0.25) is 0 Å². The number of benzene rings is 1. The van der Waals surface area contributed by atoms with Crippen molar-refractivity contribution in [1.29, 1.82) is 0 Å². The first-order valence-corrected chi connectivity index (χ1v) is 12.8. The molecule has 2 atom stereocenters. The average Bonchev–Trinajstić information content (AvgIpc) is 3.14. The maximum atomic E-state index is 12.8. The zero-order chi connectivity index (χ0) is 26.8. The summed E-state index contributed by atoms with van der Waals surface area (Å²) in [5.41, 5.74) is 2.71. The summed E-state index contributed by atoms with van der Waals surface area (Å²) >= 11 is 4.27. The number of hydrogen-bond acceptors (Lipinski definition) is 6. The predicted octanol–water partition coefficient (Wildman–Crippen LogP) is 2.49. The van der Waals surface area contributed by atoms with E-state index in [2.05, 4.69) is 28.6 Å². The topological polar surface area (TPSA) is 125 Å². The molecule has 3 N–H and O–H groups in total. The van der Waals surface area contributed by atoms with E-state index in [1.807, 2.05) is 32.9 Å². The normalized spacial score (nSPS) is 14.7. The highest BCUT2D eigenvalue weighted by Crippen LogP contribution is 2.17. The number of imide groups is 1. The van der Waals surface area contributed by atoms with Gasteiger partial charge in [-0.15, -0.1) is 0 Å². The van der Waals surface area contributed by atoms with Crippen LogP contribution in [0.1, 0.15) is 57.6 Å². The number of hydrogen-bond donors (Lipinski definition) is 4. The van der Waals surface area contributed by atoms with Gasteiger partial charge in [-0.3, -0.25) is 28.9 Å². The van der Waals surface area contributed by atoms with Crippen LogP contribution in [0.4, 0.5) is 5.69 Å². The summed E-state index contributed by atoms with van der Waals surface area (Å²) in [6.07, 6.45) is 4.54. The molecular formula is C26H36N4O5S. The monoisotopic (exact) mass is 516 g/mol. The Balaban J connectivity index is 1.78. The molecule has 1 heterocycles. The minimum atomic E-state index is -0.800. The molecule has 10 heteroatoms. The highest BCUT2D eigenvalue weighted by atomic mass is 32.1. The predicted molar refractivity (Wildman–Crippen MR) is 141 cm³/mol. The lowest BCUT2D eigenvalue weighted by atomic mass is 10.0. The number of carbonyl (C=O) groups excluding carboxylic acids is 5. The van der Waals surface area contributed by atoms with Gasteiger partial charge in [0.25, 0.3) is 11.8 Å². The van der Waals surface area contributed by atoms with E-state index in [1.54, 1.807) is 13.0 Å². The number of thiol groups is 1. The fraction of sp³-hybridized carbons (Fsp3) is 0.500. The summed E-state index contributed by atoms with van der Waals surface area (Å²) in [6, 6.07) is 3.96. The Bertz CT molecular complexity index is 1010. The molecule has 5 amide bonds. The third kappa shape index (κ3) is 8.51. The minimum Gasteiger partial charge on any atom is -0.344 e. The van der Waals surface area contributed by atoms with E-state index >= 15 is 0 Å². The Morgan fingerprint density at radius 1 is 0.944 bits per heavy atom. The van der Waals surface area contributed by atoms with Crippen molar-refractivity contribution < 1.29 is 24.0 Å². The van der Waals surface area contributed by atoms with Crippen LogP contribution in [0.15, 0.2) is 30.4 Å². The number of rotatable bonds is 13. The van der Waals surface area contributed by atoms with Gasteiger partial charge in [-0.1, -0.05) is 26.3 Å². The van der Waals surface area contributed by atoms with Crippen LogP contribution in [0, 0.1) is 12.8 Å². The first-order chi connectivity index (χ1) is 17.0. The van der Waals surface area contributed by atoms with E-state index in [0.717, 1.165) is 11.1 Å². The molecule has 1 aromatic carbocycles. The molecule has 0 unspecified atom stereocenters. The van der Waals surface area contributed by atoms with Crippen molar-refractivity contribution in [3.63, 3.8) is 0 Å². The van der Waals surface area contributed by atoms with Crippen LogP contribution in [0.5, 0.6) is 0 Å². The summed E-state index contributed by atoms with van der Waals surface area (Å²) in [6.45, 7) is 7.49. The SMILES string of the molecule is Cc1cc(NC(=O)[C@H](C)NC(=O)[C@@H](NC(=O)CCCCCN2C(=O)C=CC2=O)C(C)C)ccc1CS. The summed E-state index contributed by atoms with van der Waals surface area (Å²) in [7, 11) is 0. The van der Waals surface area contributed by atoms with Gasteiger partial charge in [0, 0.05) is 36.6 Å². The van der Waals surface area contributed by atoms with Crippen molar-refractivity contribution in [2.75, 3.05) is 11.9 Å². The van der Waals surface area contributed by atoms with Crippen LogP contribution in [0.25, 0.3) is 0 Å². The molecule has 1 aromatic rings. The van der Waals surface area contributed by atoms with Gasteiger partial charge >= 0.3 is 0 Å². The summed E-state index contributed by atoms with van der Waals surface area (Å²) in [5.74, 6) is -1.26. The van der Waals surface area contributed by atoms with Crippen LogP contribution < -0.4 is 16.0 Å². The van der Waals surface area contributed by atoms with Crippen molar-refractivity contribution in [2.24, 2.45) is 5.92 Å². The van der Waals surface area contributed by atoms with Gasteiger partial charge in [-0.2, -0.15) is 12.6 Å². The minimum absolute atomic E-state index is 0.180. The standard InChI is InChI=1S/C26H36N4O5S/c1-16(2)24(29-21(31)8-6-5-7-13-30-22(32)11-12-23(30)33)26(35)27-18(4)25(34)28-20-10-9-19(15-36)17(3)14-20/h9-12,14,16,18,24,36H,5-8,13,15H2,1-4H3,(H,27,35)(H,28,34)(H,29,31)/t18-,24-/m0/s1. The Morgan fingerprint density at radius 3 is 2.19 bits per heavy atom. The molecule has 0 spiro atoms. The number of aryl methyl sites for hydroxylation is 1. The summed E-state index contributed by atoms with van der Waals surface area (Å²) < 4.78 is 0. The average molecular weight is 517 g/mol. The van der Waals surface area contributed by atoms with Crippen molar-refractivity contribution in [2.45, 2.75) is 71.2 Å². The molecule has 0 saturated heterocycles. The lowest BCUT2D eigenvalue weighted by Crippen LogP contribution is -2.53. The number of nitrogens with zero attached hydrogens (tertiary/aromatic N) is 1. The van der Waals surface area contributed by atoms with Gasteiger partial charge in [0.05, 0.1) is 0 Å². The molecule has 196 valence electrons. The summed E-state index contributed by atoms with van der Waals surface area (Å²) in [5, 5.41) is 8.24. The van der Waals surface area contributed by atoms with E-state index in [9.17, 15) is 24.0 Å². The maximum absolute atomic E-state index is 12.8. The van der Waals surface area contributed by atoms with Gasteiger partial charge in [-0.25, -0.2) is 0 Å². The number of carbonyl (C=O) groups is 5. The Labute approximate surface area is 217 Å². The van der Waals surface area contributed by atoms with Crippen molar-refractivity contribution >= 4 is 47.9 Å². The molecular weight excluding hydrogens is 480 g/mol. The zero-order valence-corrected chi connectivity index (χ0v) is 22.2. The molecule has 0 bridgehead atoms. The van der Waals surface area contributed by atoms with Crippen LogP contribution in [-0.2, 0) is 29.7 Å². The number of amides is 5. The third-order valence-electron chi connectivity index (χ3n) is 5.98. The second kappa shape index (κ2) is 13.8. The van der Waals surface area contributed by atoms with Gasteiger partial charge < -0.3 is 16.0 Å². The number of nitrogens with one attached hydrogen (secondary N) is 3. The van der Waals surface area contributed by atoms with E-state index in [4.69, 9.17) is 0 Å². The zero-order valence-electron chi connectivity index (χ0n) is 21.3. The fourth-order valence-corrected chi connectivity index (χ4v) is 4.09. The first kappa shape index (κ1) is 29.1. The Kier molecular flexibility index (Phi) is 11.2. The second-order valence-electron chi connectivity index (χ2n) is 9.28. The first-order valence-electron chi connectivity index (χ1n) is 12.2. The number of unbranched alkanes of at least 4 members (excludes halogenated alkanes) is 2. The highest BCUT2D eigenvalue weighted by molar-refractivity contribution is 7.79.